The van der Waals surface area contributed by atoms with Gasteiger partial charge in [-0.15, -0.1) is 0 Å². The van der Waals surface area contributed by atoms with Crippen LogP contribution in [0.2, 0.25) is 5.22 Å². The third kappa shape index (κ3) is 2.46. The molecule has 2 heterocycles. The van der Waals surface area contributed by atoms with E-state index in [2.05, 4.69) is 26.2 Å². The summed E-state index contributed by atoms with van der Waals surface area (Å²) >= 11 is 9.54. The van der Waals surface area contributed by atoms with Gasteiger partial charge in [0.15, 0.2) is 5.22 Å². The number of hydrogen-bond donors (Lipinski definition) is 1. The molecule has 2 aromatic heterocycles. The van der Waals surface area contributed by atoms with Crippen LogP contribution in [-0.4, -0.2) is 4.98 Å². The van der Waals surface area contributed by atoms with Gasteiger partial charge in [-0.05, 0) is 45.7 Å². The molecule has 0 atom stereocenters. The van der Waals surface area contributed by atoms with Gasteiger partial charge in [0, 0.05) is 23.7 Å². The van der Waals surface area contributed by atoms with E-state index in [1.165, 1.54) is 0 Å². The second-order valence-corrected chi connectivity index (χ2v) is 5.14. The first kappa shape index (κ1) is 12.5. The molecule has 96 valence electrons. The summed E-state index contributed by atoms with van der Waals surface area (Å²) in [7, 11) is 0. The number of pyridine rings is 1. The molecule has 3 aromatic rings. The number of nitrogens with zero attached hydrogens (tertiary/aromatic N) is 1. The van der Waals surface area contributed by atoms with Gasteiger partial charge >= 0.3 is 0 Å². The van der Waals surface area contributed by atoms with Crippen molar-refractivity contribution in [3.05, 3.63) is 58.0 Å². The average molecular weight is 338 g/mol. The minimum absolute atomic E-state index is 0.425. The molecule has 19 heavy (non-hydrogen) atoms. The zero-order valence-electron chi connectivity index (χ0n) is 9.86. The van der Waals surface area contributed by atoms with Crippen LogP contribution in [0.3, 0.4) is 0 Å². The standard InChI is InChI=1S/C14H10BrClN2O/c15-13-11(5-3-7-17-13)18-8-10-9-4-1-2-6-12(9)19-14(10)16/h1-7,18H,8H2. The summed E-state index contributed by atoms with van der Waals surface area (Å²) in [5.74, 6) is 0. The summed E-state index contributed by atoms with van der Waals surface area (Å²) < 4.78 is 6.29. The first-order valence-corrected chi connectivity index (χ1v) is 6.93. The van der Waals surface area contributed by atoms with Gasteiger partial charge in [0.25, 0.3) is 0 Å². The molecule has 3 rings (SSSR count). The lowest BCUT2D eigenvalue weighted by Crippen LogP contribution is -2.00. The highest BCUT2D eigenvalue weighted by Gasteiger charge is 2.12. The van der Waals surface area contributed by atoms with Crippen LogP contribution in [0.1, 0.15) is 5.56 Å². The van der Waals surface area contributed by atoms with Gasteiger partial charge in [-0.25, -0.2) is 4.98 Å². The normalized spacial score (nSPS) is 10.8. The van der Waals surface area contributed by atoms with Crippen molar-refractivity contribution in [1.29, 1.82) is 0 Å². The Balaban J connectivity index is 1.90. The molecule has 5 heteroatoms. The molecule has 0 aliphatic heterocycles. The van der Waals surface area contributed by atoms with E-state index in [0.29, 0.717) is 11.8 Å². The lowest BCUT2D eigenvalue weighted by Gasteiger charge is -2.06. The predicted octanol–water partition coefficient (Wildman–Crippen LogP) is 4.86. The maximum Gasteiger partial charge on any atom is 0.199 e. The highest BCUT2D eigenvalue weighted by Crippen LogP contribution is 2.30. The molecule has 0 amide bonds. The number of benzene rings is 1. The maximum absolute atomic E-state index is 6.14. The van der Waals surface area contributed by atoms with E-state index < -0.39 is 0 Å². The van der Waals surface area contributed by atoms with Crippen LogP contribution in [0.25, 0.3) is 11.0 Å². The predicted molar refractivity (Wildman–Crippen MR) is 80.5 cm³/mol. The topological polar surface area (TPSA) is 38.1 Å². The molecule has 1 N–H and O–H groups in total. The van der Waals surface area contributed by atoms with Gasteiger partial charge < -0.3 is 9.73 Å². The van der Waals surface area contributed by atoms with Crippen molar-refractivity contribution in [3.63, 3.8) is 0 Å². The zero-order chi connectivity index (χ0) is 13.2. The van der Waals surface area contributed by atoms with Crippen LogP contribution in [0.5, 0.6) is 0 Å². The van der Waals surface area contributed by atoms with Crippen molar-refractivity contribution in [2.45, 2.75) is 6.54 Å². The average Bonchev–Trinajstić information content (AvgIpc) is 2.74. The minimum atomic E-state index is 0.425. The maximum atomic E-state index is 6.14. The van der Waals surface area contributed by atoms with Crippen molar-refractivity contribution in [1.82, 2.24) is 4.98 Å². The van der Waals surface area contributed by atoms with E-state index >= 15 is 0 Å². The molecule has 0 radical (unpaired) electrons. The third-order valence-electron chi connectivity index (χ3n) is 2.86. The van der Waals surface area contributed by atoms with Crippen LogP contribution in [0.15, 0.2) is 51.6 Å². The van der Waals surface area contributed by atoms with Crippen molar-refractivity contribution in [2.75, 3.05) is 5.32 Å². The number of nitrogens with one attached hydrogen (secondary N) is 1. The quantitative estimate of drug-likeness (QED) is 0.694. The second-order valence-electron chi connectivity index (χ2n) is 4.05. The molecular weight excluding hydrogens is 328 g/mol. The van der Waals surface area contributed by atoms with Crippen LogP contribution >= 0.6 is 27.5 Å². The fraction of sp³-hybridized carbons (Fsp3) is 0.0714. The van der Waals surface area contributed by atoms with E-state index in [4.69, 9.17) is 16.0 Å². The summed E-state index contributed by atoms with van der Waals surface area (Å²) in [6.45, 7) is 0.583. The van der Waals surface area contributed by atoms with Crippen LogP contribution in [0.4, 0.5) is 5.69 Å². The van der Waals surface area contributed by atoms with Crippen LogP contribution in [-0.2, 0) is 6.54 Å². The van der Waals surface area contributed by atoms with Crippen molar-refractivity contribution >= 4 is 44.2 Å². The van der Waals surface area contributed by atoms with Gasteiger partial charge in [0.1, 0.15) is 10.2 Å². The lowest BCUT2D eigenvalue weighted by molar-refractivity contribution is 0.613. The monoisotopic (exact) mass is 336 g/mol. The Bertz CT molecular complexity index is 726. The van der Waals surface area contributed by atoms with E-state index in [9.17, 15) is 0 Å². The zero-order valence-corrected chi connectivity index (χ0v) is 12.2. The number of para-hydroxylation sites is 1. The van der Waals surface area contributed by atoms with Gasteiger partial charge in [0.2, 0.25) is 0 Å². The smallest absolute Gasteiger partial charge is 0.199 e. The molecule has 0 saturated heterocycles. The molecule has 0 saturated carbocycles. The highest BCUT2D eigenvalue weighted by molar-refractivity contribution is 9.10. The molecular formula is C14H10BrClN2O. The SMILES string of the molecule is Clc1oc2ccccc2c1CNc1cccnc1Br. The van der Waals surface area contributed by atoms with E-state index in [1.54, 1.807) is 6.20 Å². The van der Waals surface area contributed by atoms with E-state index in [1.807, 2.05) is 36.4 Å². The summed E-state index contributed by atoms with van der Waals surface area (Å²) in [4.78, 5) is 4.16. The largest absolute Gasteiger partial charge is 0.444 e. The second kappa shape index (κ2) is 5.23. The first-order valence-electron chi connectivity index (χ1n) is 5.76. The minimum Gasteiger partial charge on any atom is -0.444 e. The Morgan fingerprint density at radius 2 is 2.05 bits per heavy atom. The van der Waals surface area contributed by atoms with Gasteiger partial charge in [-0.2, -0.15) is 0 Å². The van der Waals surface area contributed by atoms with Gasteiger partial charge in [-0.1, -0.05) is 18.2 Å². The third-order valence-corrected chi connectivity index (χ3v) is 3.80. The summed E-state index contributed by atoms with van der Waals surface area (Å²) in [6.07, 6.45) is 1.73. The van der Waals surface area contributed by atoms with Crippen LogP contribution < -0.4 is 5.32 Å². The molecule has 0 bridgehead atoms. The van der Waals surface area contributed by atoms with Crippen molar-refractivity contribution in [3.8, 4) is 0 Å². The Hall–Kier alpha value is -1.52. The highest BCUT2D eigenvalue weighted by atomic mass is 79.9. The Morgan fingerprint density at radius 1 is 1.21 bits per heavy atom. The number of rotatable bonds is 3. The molecule has 3 nitrogen and oxygen atoms in total. The molecule has 0 aliphatic carbocycles. The van der Waals surface area contributed by atoms with E-state index in [-0.39, 0.29) is 0 Å². The van der Waals surface area contributed by atoms with Crippen LogP contribution in [0, 0.1) is 0 Å². The fourth-order valence-corrected chi connectivity index (χ4v) is 2.58. The number of halogens is 2. The summed E-state index contributed by atoms with van der Waals surface area (Å²) in [5, 5.41) is 4.75. The van der Waals surface area contributed by atoms with Gasteiger partial charge in [0.05, 0.1) is 5.69 Å². The number of fused-ring (bicyclic) bond motifs is 1. The Labute approximate surface area is 123 Å². The number of anilines is 1. The molecule has 0 aliphatic rings. The first-order chi connectivity index (χ1) is 9.25. The molecule has 0 spiro atoms. The molecule has 1 aromatic carbocycles. The molecule has 0 unspecified atom stereocenters. The number of aromatic nitrogens is 1. The number of furan rings is 1. The summed E-state index contributed by atoms with van der Waals surface area (Å²) in [5.41, 5.74) is 2.67. The Kier molecular flexibility index (Phi) is 3.44. The van der Waals surface area contributed by atoms with Gasteiger partial charge in [-0.3, -0.25) is 0 Å². The Morgan fingerprint density at radius 3 is 2.89 bits per heavy atom. The number of hydrogen-bond acceptors (Lipinski definition) is 3. The molecule has 0 fully saturated rings. The lowest BCUT2D eigenvalue weighted by atomic mass is 10.2. The van der Waals surface area contributed by atoms with Crippen molar-refractivity contribution in [2.24, 2.45) is 0 Å². The summed E-state index contributed by atoms with van der Waals surface area (Å²) in [6, 6.07) is 11.6. The fourth-order valence-electron chi connectivity index (χ4n) is 1.94. The van der Waals surface area contributed by atoms with Crippen molar-refractivity contribution < 1.29 is 4.42 Å². The van der Waals surface area contributed by atoms with E-state index in [0.717, 1.165) is 26.8 Å².